The molecule has 0 aromatic heterocycles. The van der Waals surface area contributed by atoms with Crippen molar-refractivity contribution in [3.8, 4) is 0 Å². The average Bonchev–Trinajstić information content (AvgIpc) is 2.74. The molecule has 1 aliphatic heterocycles. The van der Waals surface area contributed by atoms with Crippen LogP contribution in [0.15, 0.2) is 48.5 Å². The number of ketones is 1. The van der Waals surface area contributed by atoms with Crippen molar-refractivity contribution in [1.29, 1.82) is 0 Å². The zero-order chi connectivity index (χ0) is 21.9. The van der Waals surface area contributed by atoms with Crippen LogP contribution in [-0.2, 0) is 29.7 Å². The van der Waals surface area contributed by atoms with Crippen molar-refractivity contribution in [2.75, 3.05) is 0 Å². The van der Waals surface area contributed by atoms with E-state index in [0.717, 1.165) is 6.42 Å². The number of carbonyl (C=O) groups excluding carboxylic acids is 1. The Morgan fingerprint density at radius 2 is 1.66 bits per heavy atom. The van der Waals surface area contributed by atoms with Crippen molar-refractivity contribution in [3.63, 3.8) is 0 Å². The van der Waals surface area contributed by atoms with Crippen molar-refractivity contribution in [2.45, 2.75) is 85.4 Å². The smallest absolute Gasteiger partial charge is 0.147 e. The monoisotopic (exact) mass is 396 g/mol. The molecule has 0 amide bonds. The van der Waals surface area contributed by atoms with Crippen LogP contribution < -0.4 is 11.1 Å². The number of Topliss-reactive ketones (excluding diaryl/α,β-unsaturated/α-hetero) is 1. The van der Waals surface area contributed by atoms with Gasteiger partial charge in [0.15, 0.2) is 0 Å². The van der Waals surface area contributed by atoms with Gasteiger partial charge >= 0.3 is 0 Å². The van der Waals surface area contributed by atoms with Crippen molar-refractivity contribution >= 4 is 5.78 Å². The lowest BCUT2D eigenvalue weighted by atomic mass is 9.82. The lowest BCUT2D eigenvalue weighted by molar-refractivity contribution is -0.119. The van der Waals surface area contributed by atoms with Gasteiger partial charge in [-0.05, 0) is 62.3 Å². The molecular weight excluding hydrogens is 356 g/mol. The van der Waals surface area contributed by atoms with Crippen LogP contribution in [0.5, 0.6) is 0 Å². The summed E-state index contributed by atoms with van der Waals surface area (Å²) < 4.78 is 0. The minimum atomic E-state index is -0.106. The highest BCUT2D eigenvalue weighted by atomic mass is 16.1. The molecule has 0 saturated heterocycles. The van der Waals surface area contributed by atoms with E-state index in [9.17, 15) is 4.79 Å². The Balaban J connectivity index is 0.000000273. The molecule has 160 valence electrons. The van der Waals surface area contributed by atoms with Gasteiger partial charge in [0.25, 0.3) is 0 Å². The van der Waals surface area contributed by atoms with Crippen molar-refractivity contribution in [1.82, 2.24) is 5.32 Å². The van der Waals surface area contributed by atoms with Gasteiger partial charge in [0.1, 0.15) is 5.78 Å². The maximum atomic E-state index is 11.4. The zero-order valence-corrected chi connectivity index (χ0v) is 19.2. The number of carbonyl (C=O) groups is 1. The highest BCUT2D eigenvalue weighted by Crippen LogP contribution is 2.29. The van der Waals surface area contributed by atoms with E-state index in [-0.39, 0.29) is 17.4 Å². The normalized spacial score (nSPS) is 16.4. The van der Waals surface area contributed by atoms with Gasteiger partial charge in [-0.2, -0.15) is 0 Å². The predicted octanol–water partition coefficient (Wildman–Crippen LogP) is 5.54. The van der Waals surface area contributed by atoms with Crippen LogP contribution in [0, 0.1) is 0 Å². The molecule has 3 heteroatoms. The summed E-state index contributed by atoms with van der Waals surface area (Å²) in [6, 6.07) is 16.8. The summed E-state index contributed by atoms with van der Waals surface area (Å²) in [4.78, 5) is 11.4. The third kappa shape index (κ3) is 7.41. The summed E-state index contributed by atoms with van der Waals surface area (Å²) in [6.07, 6.45) is 4.49. The highest BCUT2D eigenvalue weighted by molar-refractivity contribution is 5.82. The number of benzene rings is 2. The van der Waals surface area contributed by atoms with Crippen LogP contribution in [0.25, 0.3) is 0 Å². The fraction of sp³-hybridized carbons (Fsp3) is 0.500. The van der Waals surface area contributed by atoms with Gasteiger partial charge in [-0.3, -0.25) is 10.1 Å². The van der Waals surface area contributed by atoms with Crippen molar-refractivity contribution in [3.05, 3.63) is 70.8 Å². The van der Waals surface area contributed by atoms with Gasteiger partial charge in [-0.15, -0.1) is 0 Å². The molecular formula is C26H40N2O. The molecule has 0 fully saturated rings. The lowest BCUT2D eigenvalue weighted by Crippen LogP contribution is -2.52. The number of unbranched alkanes of at least 4 members (excludes halogenated alkanes) is 1. The fourth-order valence-corrected chi connectivity index (χ4v) is 3.71. The van der Waals surface area contributed by atoms with Gasteiger partial charge in [0.2, 0.25) is 0 Å². The maximum Gasteiger partial charge on any atom is 0.147 e. The Labute approximate surface area is 178 Å². The number of nitrogens with one attached hydrogen (secondary N) is 1. The first-order chi connectivity index (χ1) is 13.9. The third-order valence-corrected chi connectivity index (χ3v) is 5.28. The molecule has 1 aliphatic rings. The van der Waals surface area contributed by atoms with Crippen LogP contribution in [0.4, 0.5) is 0 Å². The summed E-state index contributed by atoms with van der Waals surface area (Å²) in [5, 5.41) is 3.40. The molecule has 29 heavy (non-hydrogen) atoms. The summed E-state index contributed by atoms with van der Waals surface area (Å²) in [5.74, 6) is 0.220. The largest absolute Gasteiger partial charge is 0.326 e. The van der Waals surface area contributed by atoms with Crippen LogP contribution >= 0.6 is 0 Å². The fourth-order valence-electron chi connectivity index (χ4n) is 3.71. The minimum absolute atomic E-state index is 0.0325. The summed E-state index contributed by atoms with van der Waals surface area (Å²) in [7, 11) is 0. The maximum absolute atomic E-state index is 11.4. The van der Waals surface area contributed by atoms with Gasteiger partial charge in [0, 0.05) is 12.1 Å². The first-order valence-corrected chi connectivity index (χ1v) is 11.0. The Hall–Kier alpha value is -1.97. The quantitative estimate of drug-likeness (QED) is 0.698. The number of hydrogen-bond acceptors (Lipinski definition) is 3. The molecule has 0 bridgehead atoms. The molecule has 0 spiro atoms. The Morgan fingerprint density at radius 1 is 1.07 bits per heavy atom. The molecule has 2 aromatic carbocycles. The molecule has 1 atom stereocenters. The molecule has 2 aromatic rings. The van der Waals surface area contributed by atoms with E-state index in [4.69, 9.17) is 5.73 Å². The second-order valence-electron chi connectivity index (χ2n) is 7.87. The van der Waals surface area contributed by atoms with Crippen LogP contribution in [0.3, 0.4) is 0 Å². The Kier molecular flexibility index (Phi) is 10.9. The number of rotatable bonds is 5. The SMILES string of the molecule is CC.CC(=O)C1Cc2ccccc2C(C)(C)N1.CCCCc1ccccc1CN. The topological polar surface area (TPSA) is 55.1 Å². The van der Waals surface area contributed by atoms with E-state index in [2.05, 4.69) is 68.6 Å². The van der Waals surface area contributed by atoms with Crippen molar-refractivity contribution in [2.24, 2.45) is 5.73 Å². The highest BCUT2D eigenvalue weighted by Gasteiger charge is 2.33. The molecule has 1 heterocycles. The van der Waals surface area contributed by atoms with E-state index in [0.29, 0.717) is 6.54 Å². The lowest BCUT2D eigenvalue weighted by Gasteiger charge is -2.38. The van der Waals surface area contributed by atoms with E-state index in [1.165, 1.54) is 41.5 Å². The number of aryl methyl sites for hydroxylation is 1. The van der Waals surface area contributed by atoms with Crippen molar-refractivity contribution < 1.29 is 4.79 Å². The number of nitrogens with two attached hydrogens (primary N) is 1. The zero-order valence-electron chi connectivity index (χ0n) is 19.2. The van der Waals surface area contributed by atoms with E-state index < -0.39 is 0 Å². The predicted molar refractivity (Wildman–Crippen MR) is 125 cm³/mol. The molecule has 0 saturated carbocycles. The van der Waals surface area contributed by atoms with E-state index in [1.807, 2.05) is 19.9 Å². The molecule has 1 unspecified atom stereocenters. The summed E-state index contributed by atoms with van der Waals surface area (Å²) in [6.45, 7) is 12.8. The van der Waals surface area contributed by atoms with Gasteiger partial charge < -0.3 is 5.73 Å². The molecule has 3 rings (SSSR count). The molecule has 0 aliphatic carbocycles. The van der Waals surface area contributed by atoms with Gasteiger partial charge in [0.05, 0.1) is 6.04 Å². The van der Waals surface area contributed by atoms with E-state index >= 15 is 0 Å². The summed E-state index contributed by atoms with van der Waals surface area (Å²) >= 11 is 0. The molecule has 3 nitrogen and oxygen atoms in total. The van der Waals surface area contributed by atoms with Gasteiger partial charge in [-0.25, -0.2) is 0 Å². The number of fused-ring (bicyclic) bond motifs is 1. The molecule has 3 N–H and O–H groups in total. The number of hydrogen-bond donors (Lipinski definition) is 2. The second kappa shape index (κ2) is 12.6. The molecule has 0 radical (unpaired) electrons. The first kappa shape index (κ1) is 25.1. The van der Waals surface area contributed by atoms with E-state index in [1.54, 1.807) is 6.92 Å². The minimum Gasteiger partial charge on any atom is -0.326 e. The van der Waals surface area contributed by atoms with Crippen LogP contribution in [0.2, 0.25) is 0 Å². The standard InChI is InChI=1S/C13H17NO.C11H17N.C2H6/c1-9(15)12-8-10-6-4-5-7-11(10)13(2,3)14-12;1-2-3-6-10-7-4-5-8-11(10)9-12;1-2/h4-7,12,14H,8H2,1-3H3;4-5,7-8H,2-3,6,9,12H2,1H3;1-2H3. The first-order valence-electron chi connectivity index (χ1n) is 11.0. The van der Waals surface area contributed by atoms with Crippen LogP contribution in [-0.4, -0.2) is 11.8 Å². The Bertz CT molecular complexity index is 752. The summed E-state index contributed by atoms with van der Waals surface area (Å²) in [5.41, 5.74) is 10.8. The second-order valence-corrected chi connectivity index (χ2v) is 7.87. The average molecular weight is 397 g/mol. The van der Waals surface area contributed by atoms with Gasteiger partial charge in [-0.1, -0.05) is 75.7 Å². The Morgan fingerprint density at radius 3 is 2.24 bits per heavy atom. The van der Waals surface area contributed by atoms with Crippen LogP contribution in [0.1, 0.15) is 76.6 Å². The third-order valence-electron chi connectivity index (χ3n) is 5.28.